The van der Waals surface area contributed by atoms with Gasteiger partial charge in [0.05, 0.1) is 16.5 Å². The normalized spacial score (nSPS) is 11.7. The van der Waals surface area contributed by atoms with E-state index in [0.717, 1.165) is 16.0 Å². The molecule has 0 aliphatic rings. The Hall–Kier alpha value is -5.15. The summed E-state index contributed by atoms with van der Waals surface area (Å²) in [6, 6.07) is 29.8. The van der Waals surface area contributed by atoms with Gasteiger partial charge in [0.1, 0.15) is 5.70 Å². The molecule has 0 bridgehead atoms. The highest BCUT2D eigenvalue weighted by Gasteiger charge is 2.19. The van der Waals surface area contributed by atoms with Gasteiger partial charge in [-0.3, -0.25) is 19.2 Å². The number of hydrogen-bond donors (Lipinski definition) is 4. The van der Waals surface area contributed by atoms with Crippen LogP contribution in [0.1, 0.15) is 38.8 Å². The van der Waals surface area contributed by atoms with Gasteiger partial charge in [-0.2, -0.15) is 0 Å². The largest absolute Gasteiger partial charge is 0.366 e. The third-order valence-corrected chi connectivity index (χ3v) is 7.24. The number of aryl methyl sites for hydroxylation is 1. The highest BCUT2D eigenvalue weighted by Crippen LogP contribution is 2.27. The molecule has 212 valence electrons. The summed E-state index contributed by atoms with van der Waals surface area (Å²) in [5.74, 6) is -1.86. The molecule has 0 heterocycles. The first-order chi connectivity index (χ1) is 20.2. The Morgan fingerprint density at radius 2 is 1.50 bits per heavy atom. The first kappa shape index (κ1) is 29.8. The molecule has 0 saturated heterocycles. The van der Waals surface area contributed by atoms with Gasteiger partial charge in [-0.25, -0.2) is 0 Å². The fourth-order valence-electron chi connectivity index (χ4n) is 3.92. The van der Waals surface area contributed by atoms with Crippen LogP contribution < -0.4 is 21.7 Å². The topological polar surface area (TPSA) is 130 Å². The number of para-hydroxylation sites is 1. The molecule has 0 aromatic heterocycles. The van der Waals surface area contributed by atoms with Crippen molar-refractivity contribution in [2.45, 2.75) is 24.0 Å². The molecule has 5 N–H and O–H groups in total. The fraction of sp³-hybridized carbons (Fsp3) is 0.0909. The number of benzene rings is 4. The van der Waals surface area contributed by atoms with Gasteiger partial charge in [-0.15, -0.1) is 11.8 Å². The number of nitrogens with one attached hydrogen (secondary N) is 3. The van der Waals surface area contributed by atoms with Crippen molar-refractivity contribution in [3.8, 4) is 0 Å². The van der Waals surface area contributed by atoms with Crippen LogP contribution in [0.4, 0.5) is 11.4 Å². The molecule has 1 unspecified atom stereocenters. The van der Waals surface area contributed by atoms with E-state index in [-0.39, 0.29) is 17.2 Å². The summed E-state index contributed by atoms with van der Waals surface area (Å²) in [6.07, 6.45) is 1.62. The lowest BCUT2D eigenvalue weighted by atomic mass is 10.1. The second kappa shape index (κ2) is 14.0. The summed E-state index contributed by atoms with van der Waals surface area (Å²) in [6.45, 7) is 3.70. The zero-order valence-corrected chi connectivity index (χ0v) is 23.9. The summed E-state index contributed by atoms with van der Waals surface area (Å²) in [5, 5.41) is 7.80. The van der Waals surface area contributed by atoms with Crippen LogP contribution in [0.2, 0.25) is 0 Å². The number of nitrogens with two attached hydrogens (primary N) is 1. The molecule has 0 fully saturated rings. The van der Waals surface area contributed by atoms with E-state index in [0.29, 0.717) is 16.9 Å². The third-order valence-electron chi connectivity index (χ3n) is 6.14. The maximum atomic E-state index is 13.4. The Labute approximate surface area is 248 Å². The fourth-order valence-corrected chi connectivity index (χ4v) is 4.84. The molecule has 4 aromatic carbocycles. The molecule has 0 spiro atoms. The molecule has 0 aliphatic carbocycles. The average molecular weight is 579 g/mol. The molecule has 1 atom stereocenters. The Morgan fingerprint density at radius 1 is 0.810 bits per heavy atom. The van der Waals surface area contributed by atoms with Crippen molar-refractivity contribution in [2.24, 2.45) is 5.73 Å². The number of carbonyl (C=O) groups excluding carboxylic acids is 4. The SMILES string of the molecule is Cc1ccc(/C=C(/NC(=O)c2ccccc2)C(=O)Nc2cccc(SC(C)C(=O)Nc3ccccc3C(N)=O)c2)cc1. The van der Waals surface area contributed by atoms with Crippen LogP contribution in [0.5, 0.6) is 0 Å². The van der Waals surface area contributed by atoms with Crippen molar-refractivity contribution >= 4 is 52.8 Å². The van der Waals surface area contributed by atoms with E-state index in [2.05, 4.69) is 16.0 Å². The molecular formula is C33H30N4O4S. The molecule has 4 rings (SSSR count). The van der Waals surface area contributed by atoms with Crippen LogP contribution in [0.15, 0.2) is 114 Å². The van der Waals surface area contributed by atoms with Gasteiger partial charge in [0, 0.05) is 16.1 Å². The van der Waals surface area contributed by atoms with Gasteiger partial charge in [0.2, 0.25) is 5.91 Å². The average Bonchev–Trinajstić information content (AvgIpc) is 2.98. The maximum absolute atomic E-state index is 13.4. The van der Waals surface area contributed by atoms with E-state index in [1.165, 1.54) is 11.8 Å². The number of amides is 4. The molecule has 0 radical (unpaired) electrons. The Bertz CT molecular complexity index is 1640. The number of rotatable bonds is 10. The second-order valence-electron chi connectivity index (χ2n) is 9.43. The quantitative estimate of drug-likeness (QED) is 0.143. The van der Waals surface area contributed by atoms with E-state index < -0.39 is 23.0 Å². The highest BCUT2D eigenvalue weighted by molar-refractivity contribution is 8.00. The van der Waals surface area contributed by atoms with Gasteiger partial charge in [0.15, 0.2) is 0 Å². The van der Waals surface area contributed by atoms with E-state index in [1.54, 1.807) is 79.7 Å². The summed E-state index contributed by atoms with van der Waals surface area (Å²) >= 11 is 1.28. The van der Waals surface area contributed by atoms with Crippen LogP contribution in [-0.2, 0) is 9.59 Å². The molecule has 0 saturated carbocycles. The van der Waals surface area contributed by atoms with E-state index in [4.69, 9.17) is 5.73 Å². The van der Waals surface area contributed by atoms with Gasteiger partial charge < -0.3 is 21.7 Å². The lowest BCUT2D eigenvalue weighted by Crippen LogP contribution is -2.30. The van der Waals surface area contributed by atoms with Crippen LogP contribution in [-0.4, -0.2) is 28.9 Å². The standard InChI is InChI=1S/C33H30N4O4S/c1-21-15-17-23(18-16-21)19-29(37-32(40)24-9-4-3-5-10-24)33(41)35-25-11-8-12-26(20-25)42-22(2)31(39)36-28-14-7-6-13-27(28)30(34)38/h3-20,22H,1-2H3,(H2,34,38)(H,35,41)(H,36,39)(H,37,40)/b29-19+. The summed E-state index contributed by atoms with van der Waals surface area (Å²) in [7, 11) is 0. The molecule has 8 nitrogen and oxygen atoms in total. The van der Waals surface area contributed by atoms with Crippen molar-refractivity contribution in [3.05, 3.63) is 131 Å². The maximum Gasteiger partial charge on any atom is 0.272 e. The molecule has 0 aliphatic heterocycles. The van der Waals surface area contributed by atoms with Gasteiger partial charge in [0.25, 0.3) is 17.7 Å². The lowest BCUT2D eigenvalue weighted by molar-refractivity contribution is -0.115. The summed E-state index contributed by atoms with van der Waals surface area (Å²) in [5.41, 5.74) is 8.78. The number of thioether (sulfide) groups is 1. The number of anilines is 2. The first-order valence-corrected chi connectivity index (χ1v) is 14.0. The predicted octanol–water partition coefficient (Wildman–Crippen LogP) is 5.62. The van der Waals surface area contributed by atoms with Crippen molar-refractivity contribution in [1.29, 1.82) is 0 Å². The van der Waals surface area contributed by atoms with E-state index in [1.807, 2.05) is 43.3 Å². The number of carbonyl (C=O) groups is 4. The lowest BCUT2D eigenvalue weighted by Gasteiger charge is -2.15. The minimum atomic E-state index is -0.634. The van der Waals surface area contributed by atoms with Crippen LogP contribution >= 0.6 is 11.8 Å². The van der Waals surface area contributed by atoms with Crippen molar-refractivity contribution < 1.29 is 19.2 Å². The third kappa shape index (κ3) is 8.18. The highest BCUT2D eigenvalue weighted by atomic mass is 32.2. The molecule has 4 aromatic rings. The number of primary amides is 1. The van der Waals surface area contributed by atoms with Crippen molar-refractivity contribution in [1.82, 2.24) is 5.32 Å². The van der Waals surface area contributed by atoms with Crippen LogP contribution in [0.25, 0.3) is 6.08 Å². The predicted molar refractivity (Wildman–Crippen MR) is 167 cm³/mol. The Kier molecular flexibility index (Phi) is 9.91. The van der Waals surface area contributed by atoms with Crippen molar-refractivity contribution in [2.75, 3.05) is 10.6 Å². The smallest absolute Gasteiger partial charge is 0.272 e. The van der Waals surface area contributed by atoms with Crippen LogP contribution in [0, 0.1) is 6.92 Å². The van der Waals surface area contributed by atoms with Gasteiger partial charge >= 0.3 is 0 Å². The zero-order chi connectivity index (χ0) is 30.1. The van der Waals surface area contributed by atoms with Crippen LogP contribution in [0.3, 0.4) is 0 Å². The van der Waals surface area contributed by atoms with E-state index >= 15 is 0 Å². The monoisotopic (exact) mass is 578 g/mol. The van der Waals surface area contributed by atoms with E-state index in [9.17, 15) is 19.2 Å². The Morgan fingerprint density at radius 3 is 2.21 bits per heavy atom. The van der Waals surface area contributed by atoms with Gasteiger partial charge in [-0.1, -0.05) is 66.2 Å². The van der Waals surface area contributed by atoms with Gasteiger partial charge in [-0.05, 0) is 68.0 Å². The molecule has 4 amide bonds. The number of hydrogen-bond acceptors (Lipinski definition) is 5. The minimum absolute atomic E-state index is 0.0756. The summed E-state index contributed by atoms with van der Waals surface area (Å²) < 4.78 is 0. The molecule has 9 heteroatoms. The summed E-state index contributed by atoms with van der Waals surface area (Å²) in [4.78, 5) is 51.5. The molecular weight excluding hydrogens is 548 g/mol. The zero-order valence-electron chi connectivity index (χ0n) is 23.1. The van der Waals surface area contributed by atoms with Crippen molar-refractivity contribution in [3.63, 3.8) is 0 Å². The second-order valence-corrected chi connectivity index (χ2v) is 10.8. The minimum Gasteiger partial charge on any atom is -0.366 e. The first-order valence-electron chi connectivity index (χ1n) is 13.1. The molecule has 42 heavy (non-hydrogen) atoms. The Balaban J connectivity index is 1.48.